The third-order valence-corrected chi connectivity index (χ3v) is 2.95. The highest BCUT2D eigenvalue weighted by Crippen LogP contribution is 2.30. The van der Waals surface area contributed by atoms with Crippen molar-refractivity contribution < 1.29 is 13.2 Å². The summed E-state index contributed by atoms with van der Waals surface area (Å²) in [6, 6.07) is 0.973. The Morgan fingerprint density at radius 2 is 2.05 bits per heavy atom. The van der Waals surface area contributed by atoms with Crippen molar-refractivity contribution in [3.8, 4) is 0 Å². The van der Waals surface area contributed by atoms with E-state index in [1.54, 1.807) is 30.6 Å². The van der Waals surface area contributed by atoms with Crippen LogP contribution < -0.4 is 10.2 Å². The second-order valence-corrected chi connectivity index (χ2v) is 4.86. The Bertz CT molecular complexity index is 411. The fourth-order valence-corrected chi connectivity index (χ4v) is 1.81. The van der Waals surface area contributed by atoms with Crippen molar-refractivity contribution in [1.82, 2.24) is 9.97 Å². The largest absolute Gasteiger partial charge is 0.433 e. The van der Waals surface area contributed by atoms with Crippen LogP contribution in [0.1, 0.15) is 12.6 Å². The molecule has 1 aromatic heterocycles. The molecule has 0 aliphatic heterocycles. The molecular weight excluding hydrogens is 277 g/mol. The Labute approximate surface area is 114 Å². The SMILES string of the molecule is CCNc1nc(N(C)CCSC)cc(C(F)(F)F)n1. The summed E-state index contributed by atoms with van der Waals surface area (Å²) in [5, 5.41) is 2.72. The van der Waals surface area contributed by atoms with Gasteiger partial charge in [0, 0.05) is 32.0 Å². The molecule has 1 aromatic rings. The van der Waals surface area contributed by atoms with Gasteiger partial charge in [-0.2, -0.15) is 29.9 Å². The average molecular weight is 294 g/mol. The van der Waals surface area contributed by atoms with Crippen LogP contribution in [0.3, 0.4) is 0 Å². The smallest absolute Gasteiger partial charge is 0.359 e. The Morgan fingerprint density at radius 1 is 1.37 bits per heavy atom. The second kappa shape index (κ2) is 6.83. The van der Waals surface area contributed by atoms with E-state index in [4.69, 9.17) is 0 Å². The number of halogens is 3. The van der Waals surface area contributed by atoms with E-state index in [-0.39, 0.29) is 11.8 Å². The van der Waals surface area contributed by atoms with E-state index < -0.39 is 11.9 Å². The first kappa shape index (κ1) is 15.9. The number of rotatable bonds is 6. The van der Waals surface area contributed by atoms with Crippen molar-refractivity contribution in [3.05, 3.63) is 11.8 Å². The Hall–Kier alpha value is -1.18. The van der Waals surface area contributed by atoms with E-state index in [1.807, 2.05) is 6.26 Å². The van der Waals surface area contributed by atoms with Gasteiger partial charge < -0.3 is 10.2 Å². The zero-order valence-corrected chi connectivity index (χ0v) is 11.9. The fourth-order valence-electron chi connectivity index (χ4n) is 1.36. The molecule has 0 fully saturated rings. The van der Waals surface area contributed by atoms with Crippen LogP contribution in [-0.2, 0) is 6.18 Å². The van der Waals surface area contributed by atoms with Crippen LogP contribution in [0.25, 0.3) is 0 Å². The summed E-state index contributed by atoms with van der Waals surface area (Å²) >= 11 is 1.63. The zero-order chi connectivity index (χ0) is 14.5. The first-order valence-corrected chi connectivity index (χ1v) is 7.18. The van der Waals surface area contributed by atoms with Gasteiger partial charge in [-0.25, -0.2) is 4.98 Å². The molecule has 0 amide bonds. The molecule has 1 N–H and O–H groups in total. The predicted octanol–water partition coefficient (Wildman–Crippen LogP) is 2.73. The first-order valence-electron chi connectivity index (χ1n) is 5.78. The van der Waals surface area contributed by atoms with Gasteiger partial charge in [-0.1, -0.05) is 0 Å². The molecule has 0 unspecified atom stereocenters. The van der Waals surface area contributed by atoms with Crippen LogP contribution >= 0.6 is 11.8 Å². The lowest BCUT2D eigenvalue weighted by atomic mass is 10.3. The van der Waals surface area contributed by atoms with Crippen molar-refractivity contribution in [2.75, 3.05) is 42.4 Å². The zero-order valence-electron chi connectivity index (χ0n) is 11.1. The van der Waals surface area contributed by atoms with Gasteiger partial charge in [0.05, 0.1) is 0 Å². The summed E-state index contributed by atoms with van der Waals surface area (Å²) in [6.07, 6.45) is -2.53. The number of nitrogens with one attached hydrogen (secondary N) is 1. The van der Waals surface area contributed by atoms with Gasteiger partial charge in [-0.3, -0.25) is 0 Å². The molecule has 0 bridgehead atoms. The fraction of sp³-hybridized carbons (Fsp3) is 0.636. The maximum atomic E-state index is 12.8. The molecule has 1 rings (SSSR count). The number of hydrogen-bond acceptors (Lipinski definition) is 5. The maximum Gasteiger partial charge on any atom is 0.433 e. The number of thioether (sulfide) groups is 1. The van der Waals surface area contributed by atoms with E-state index in [0.29, 0.717) is 13.1 Å². The standard InChI is InChI=1S/C11H17F3N4S/c1-4-15-10-16-8(11(12,13)14)7-9(17-10)18(2)5-6-19-3/h7H,4-6H2,1-3H3,(H,15,16,17). The first-order chi connectivity index (χ1) is 8.88. The van der Waals surface area contributed by atoms with Gasteiger partial charge in [0.1, 0.15) is 5.82 Å². The van der Waals surface area contributed by atoms with E-state index in [0.717, 1.165) is 11.8 Å². The van der Waals surface area contributed by atoms with E-state index in [2.05, 4.69) is 15.3 Å². The highest BCUT2D eigenvalue weighted by Gasteiger charge is 2.34. The van der Waals surface area contributed by atoms with Crippen LogP contribution in [-0.4, -0.2) is 42.1 Å². The monoisotopic (exact) mass is 294 g/mol. The van der Waals surface area contributed by atoms with E-state index in [1.165, 1.54) is 0 Å². The minimum Gasteiger partial charge on any atom is -0.359 e. The summed E-state index contributed by atoms with van der Waals surface area (Å²) < 4.78 is 38.3. The molecule has 1 heterocycles. The Morgan fingerprint density at radius 3 is 2.58 bits per heavy atom. The molecule has 0 radical (unpaired) electrons. The lowest BCUT2D eigenvalue weighted by Gasteiger charge is -2.19. The van der Waals surface area contributed by atoms with Crippen molar-refractivity contribution >= 4 is 23.5 Å². The Balaban J connectivity index is 3.05. The number of nitrogens with zero attached hydrogens (tertiary/aromatic N) is 3. The lowest BCUT2D eigenvalue weighted by Crippen LogP contribution is -2.23. The normalized spacial score (nSPS) is 11.5. The predicted molar refractivity (Wildman–Crippen MR) is 72.8 cm³/mol. The molecule has 4 nitrogen and oxygen atoms in total. The topological polar surface area (TPSA) is 41.1 Å². The highest BCUT2D eigenvalue weighted by molar-refractivity contribution is 7.98. The average Bonchev–Trinajstić information content (AvgIpc) is 2.35. The molecule has 8 heteroatoms. The van der Waals surface area contributed by atoms with Gasteiger partial charge in [0.25, 0.3) is 0 Å². The third kappa shape index (κ3) is 4.77. The molecular formula is C11H17F3N4S. The minimum atomic E-state index is -4.47. The van der Waals surface area contributed by atoms with Crippen LogP contribution in [0, 0.1) is 0 Å². The molecule has 0 aliphatic rings. The molecule has 0 saturated carbocycles. The molecule has 0 atom stereocenters. The Kier molecular flexibility index (Phi) is 5.71. The molecule has 0 aliphatic carbocycles. The van der Waals surface area contributed by atoms with E-state index in [9.17, 15) is 13.2 Å². The molecule has 0 saturated heterocycles. The maximum absolute atomic E-state index is 12.8. The van der Waals surface area contributed by atoms with Crippen molar-refractivity contribution in [1.29, 1.82) is 0 Å². The number of aromatic nitrogens is 2. The highest BCUT2D eigenvalue weighted by atomic mass is 32.2. The van der Waals surface area contributed by atoms with Gasteiger partial charge >= 0.3 is 6.18 Å². The van der Waals surface area contributed by atoms with Gasteiger partial charge in [0.15, 0.2) is 5.69 Å². The third-order valence-electron chi connectivity index (χ3n) is 2.36. The van der Waals surface area contributed by atoms with Crippen LogP contribution in [0.5, 0.6) is 0 Å². The summed E-state index contributed by atoms with van der Waals surface area (Å²) in [5.41, 5.74) is -0.926. The van der Waals surface area contributed by atoms with Crippen molar-refractivity contribution in [2.45, 2.75) is 13.1 Å². The van der Waals surface area contributed by atoms with Crippen LogP contribution in [0.2, 0.25) is 0 Å². The summed E-state index contributed by atoms with van der Waals surface area (Å²) in [4.78, 5) is 9.25. The molecule has 19 heavy (non-hydrogen) atoms. The molecule has 0 aromatic carbocycles. The van der Waals surface area contributed by atoms with Gasteiger partial charge in [-0.05, 0) is 13.2 Å². The number of alkyl halides is 3. The number of hydrogen-bond donors (Lipinski definition) is 1. The summed E-state index contributed by atoms with van der Waals surface area (Å²) in [6.45, 7) is 2.87. The van der Waals surface area contributed by atoms with Crippen molar-refractivity contribution in [3.63, 3.8) is 0 Å². The molecule has 108 valence electrons. The number of anilines is 2. The van der Waals surface area contributed by atoms with Gasteiger partial charge in [-0.15, -0.1) is 0 Å². The summed E-state index contributed by atoms with van der Waals surface area (Å²) in [5.74, 6) is 1.09. The van der Waals surface area contributed by atoms with Crippen molar-refractivity contribution in [2.24, 2.45) is 0 Å². The quantitative estimate of drug-likeness (QED) is 0.873. The van der Waals surface area contributed by atoms with Gasteiger partial charge in [0.2, 0.25) is 5.95 Å². The van der Waals surface area contributed by atoms with Crippen LogP contribution in [0.15, 0.2) is 6.07 Å². The van der Waals surface area contributed by atoms with E-state index >= 15 is 0 Å². The minimum absolute atomic E-state index is 0.00308. The lowest BCUT2D eigenvalue weighted by molar-refractivity contribution is -0.141. The van der Waals surface area contributed by atoms with Crippen LogP contribution in [0.4, 0.5) is 24.9 Å². The second-order valence-electron chi connectivity index (χ2n) is 3.88. The summed E-state index contributed by atoms with van der Waals surface area (Å²) in [7, 11) is 1.72. The molecule has 0 spiro atoms.